The predicted molar refractivity (Wildman–Crippen MR) is 44.9 cm³/mol. The van der Waals surface area contributed by atoms with Gasteiger partial charge in [0.05, 0.1) is 0 Å². The summed E-state index contributed by atoms with van der Waals surface area (Å²) in [5, 5.41) is 16.5. The maximum absolute atomic E-state index is 11.1. The number of hydrogen-bond acceptors (Lipinski definition) is 8. The van der Waals surface area contributed by atoms with E-state index in [2.05, 4.69) is 14.2 Å². The van der Waals surface area contributed by atoms with Crippen LogP contribution in [0.15, 0.2) is 0 Å². The van der Waals surface area contributed by atoms with E-state index >= 15 is 0 Å². The third kappa shape index (κ3) is 5.27. The summed E-state index contributed by atoms with van der Waals surface area (Å²) in [4.78, 5) is 22.1. The number of carbonyl (C=O) groups excluding carboxylic acids is 2. The highest BCUT2D eigenvalue weighted by Crippen LogP contribution is 2.01. The molecule has 8 heteroatoms. The van der Waals surface area contributed by atoms with Gasteiger partial charge in [0, 0.05) is 6.54 Å². The van der Waals surface area contributed by atoms with Gasteiger partial charge >= 0.3 is 11.9 Å². The zero-order valence-corrected chi connectivity index (χ0v) is 7.92. The number of ether oxygens (including phenoxy) is 3. The maximum Gasteiger partial charge on any atom is 0.323 e. The monoisotopic (exact) mass is 223 g/mol. The fraction of sp³-hybridized carbons (Fsp3) is 0.714. The number of esters is 2. The molecule has 0 aromatic heterocycles. The molecule has 0 aromatic carbocycles. The Morgan fingerprint density at radius 1 is 1.13 bits per heavy atom. The third-order valence-corrected chi connectivity index (χ3v) is 1.39. The van der Waals surface area contributed by atoms with Crippen molar-refractivity contribution in [3.8, 4) is 0 Å². The third-order valence-electron chi connectivity index (χ3n) is 1.39. The zero-order chi connectivity index (χ0) is 11.7. The molecule has 0 heterocycles. The van der Waals surface area contributed by atoms with Crippen molar-refractivity contribution in [3.63, 3.8) is 0 Å². The van der Waals surface area contributed by atoms with Crippen LogP contribution in [0.2, 0.25) is 0 Å². The highest BCUT2D eigenvalue weighted by molar-refractivity contribution is 5.95. The molecule has 1 atom stereocenters. The van der Waals surface area contributed by atoms with Gasteiger partial charge < -0.3 is 30.2 Å². The lowest BCUT2D eigenvalue weighted by Crippen LogP contribution is -2.34. The van der Waals surface area contributed by atoms with Gasteiger partial charge in [-0.15, -0.1) is 0 Å². The Kier molecular flexibility index (Phi) is 7.46. The van der Waals surface area contributed by atoms with Crippen LogP contribution in [0.5, 0.6) is 0 Å². The molecule has 0 aromatic rings. The van der Waals surface area contributed by atoms with Gasteiger partial charge in [-0.3, -0.25) is 9.59 Å². The summed E-state index contributed by atoms with van der Waals surface area (Å²) in [6.07, 6.45) is 0. The van der Waals surface area contributed by atoms with Crippen LogP contribution in [0.3, 0.4) is 0 Å². The molecule has 88 valence electrons. The normalized spacial score (nSPS) is 11.9. The topological polar surface area (TPSA) is 128 Å². The molecule has 15 heavy (non-hydrogen) atoms. The van der Waals surface area contributed by atoms with Gasteiger partial charge in [0.1, 0.15) is 6.79 Å². The van der Waals surface area contributed by atoms with Crippen molar-refractivity contribution in [2.45, 2.75) is 0 Å². The first-order chi connectivity index (χ1) is 7.17. The summed E-state index contributed by atoms with van der Waals surface area (Å²) >= 11 is 0. The van der Waals surface area contributed by atoms with Crippen LogP contribution in [0.1, 0.15) is 0 Å². The highest BCUT2D eigenvalue weighted by atomic mass is 16.7. The fourth-order valence-electron chi connectivity index (χ4n) is 0.690. The number of rotatable bonds is 7. The van der Waals surface area contributed by atoms with Crippen LogP contribution in [0.4, 0.5) is 0 Å². The van der Waals surface area contributed by atoms with Crippen LogP contribution in [0.25, 0.3) is 0 Å². The number of aliphatic hydroxyl groups excluding tert-OH is 2. The first-order valence-electron chi connectivity index (χ1n) is 4.00. The van der Waals surface area contributed by atoms with Crippen molar-refractivity contribution in [1.82, 2.24) is 0 Å². The van der Waals surface area contributed by atoms with Crippen LogP contribution >= 0.6 is 0 Å². The van der Waals surface area contributed by atoms with Gasteiger partial charge in [0.25, 0.3) is 0 Å². The Hall–Kier alpha value is -1.22. The summed E-state index contributed by atoms with van der Waals surface area (Å²) in [6, 6.07) is 0. The molecule has 0 aliphatic carbocycles. The van der Waals surface area contributed by atoms with E-state index in [-0.39, 0.29) is 6.54 Å². The van der Waals surface area contributed by atoms with E-state index in [1.165, 1.54) is 0 Å². The Morgan fingerprint density at radius 2 is 1.73 bits per heavy atom. The summed E-state index contributed by atoms with van der Waals surface area (Å²) in [5.74, 6) is -3.22. The molecule has 4 N–H and O–H groups in total. The average molecular weight is 223 g/mol. The van der Waals surface area contributed by atoms with Crippen molar-refractivity contribution in [2.75, 3.05) is 26.9 Å². The van der Waals surface area contributed by atoms with E-state index in [9.17, 15) is 9.59 Å². The van der Waals surface area contributed by atoms with Crippen LogP contribution < -0.4 is 5.73 Å². The first-order valence-corrected chi connectivity index (χ1v) is 4.00. The standard InChI is InChI=1S/C7H13NO7/c8-1-5(6(11)14-3-10)7(12)15-4-13-2-9/h5,9-10H,1-4,8H2. The van der Waals surface area contributed by atoms with Gasteiger partial charge in [-0.25, -0.2) is 0 Å². The Balaban J connectivity index is 4.03. The molecule has 0 radical (unpaired) electrons. The minimum absolute atomic E-state index is 0.309. The molecule has 0 aliphatic heterocycles. The molecule has 0 amide bonds. The largest absolute Gasteiger partial charge is 0.438 e. The maximum atomic E-state index is 11.1. The summed E-state index contributed by atoms with van der Waals surface area (Å²) in [7, 11) is 0. The SMILES string of the molecule is NCC(C(=O)OCO)C(=O)OCOCO. The van der Waals surface area contributed by atoms with E-state index in [4.69, 9.17) is 15.9 Å². The van der Waals surface area contributed by atoms with Crippen molar-refractivity contribution in [3.05, 3.63) is 0 Å². The minimum Gasteiger partial charge on any atom is -0.438 e. The average Bonchev–Trinajstić information content (AvgIpc) is 2.19. The van der Waals surface area contributed by atoms with E-state index < -0.39 is 38.2 Å². The Morgan fingerprint density at radius 3 is 2.20 bits per heavy atom. The lowest BCUT2D eigenvalue weighted by molar-refractivity contribution is -0.176. The number of nitrogens with two attached hydrogens (primary N) is 1. The molecule has 0 fully saturated rings. The minimum atomic E-state index is -1.31. The lowest BCUT2D eigenvalue weighted by Gasteiger charge is -2.11. The quantitative estimate of drug-likeness (QED) is 0.187. The van der Waals surface area contributed by atoms with Gasteiger partial charge in [0.2, 0.25) is 0 Å². The van der Waals surface area contributed by atoms with E-state index in [1.54, 1.807) is 0 Å². The number of hydrogen-bond donors (Lipinski definition) is 3. The van der Waals surface area contributed by atoms with Gasteiger partial charge in [-0.2, -0.15) is 0 Å². The molecule has 8 nitrogen and oxygen atoms in total. The smallest absolute Gasteiger partial charge is 0.323 e. The summed E-state index contributed by atoms with van der Waals surface area (Å²) in [5.41, 5.74) is 5.14. The predicted octanol–water partition coefficient (Wildman–Crippen LogP) is -2.48. The molecule has 1 unspecified atom stereocenters. The van der Waals surface area contributed by atoms with Crippen LogP contribution in [-0.4, -0.2) is 49.1 Å². The van der Waals surface area contributed by atoms with Crippen LogP contribution in [0, 0.1) is 5.92 Å². The molecule has 0 saturated heterocycles. The van der Waals surface area contributed by atoms with Crippen LogP contribution in [-0.2, 0) is 23.8 Å². The van der Waals surface area contributed by atoms with E-state index in [1.807, 2.05) is 0 Å². The fourth-order valence-corrected chi connectivity index (χ4v) is 0.690. The van der Waals surface area contributed by atoms with Crippen molar-refractivity contribution >= 4 is 11.9 Å². The molecular formula is C7H13NO7. The van der Waals surface area contributed by atoms with Gasteiger partial charge in [0.15, 0.2) is 19.5 Å². The lowest BCUT2D eigenvalue weighted by atomic mass is 10.1. The summed E-state index contributed by atoms with van der Waals surface area (Å²) < 4.78 is 12.9. The van der Waals surface area contributed by atoms with E-state index in [0.717, 1.165) is 0 Å². The summed E-state index contributed by atoms with van der Waals surface area (Å²) in [6.45, 7) is -2.24. The molecule has 0 rings (SSSR count). The first kappa shape index (κ1) is 13.8. The number of carbonyl (C=O) groups is 2. The van der Waals surface area contributed by atoms with E-state index in [0.29, 0.717) is 0 Å². The molecule has 0 bridgehead atoms. The second-order valence-corrected chi connectivity index (χ2v) is 2.30. The second-order valence-electron chi connectivity index (χ2n) is 2.30. The molecular weight excluding hydrogens is 210 g/mol. The number of aliphatic hydroxyl groups is 2. The molecule has 0 spiro atoms. The zero-order valence-electron chi connectivity index (χ0n) is 7.92. The van der Waals surface area contributed by atoms with Gasteiger partial charge in [-0.1, -0.05) is 0 Å². The Labute approximate surface area is 85.5 Å². The highest BCUT2D eigenvalue weighted by Gasteiger charge is 2.28. The van der Waals surface area contributed by atoms with Gasteiger partial charge in [-0.05, 0) is 0 Å². The molecule has 0 aliphatic rings. The van der Waals surface area contributed by atoms with Crippen molar-refractivity contribution in [2.24, 2.45) is 11.7 Å². The Bertz CT molecular complexity index is 208. The molecule has 0 saturated carbocycles. The van der Waals surface area contributed by atoms with Crippen molar-refractivity contribution in [1.29, 1.82) is 0 Å². The van der Waals surface area contributed by atoms with Crippen molar-refractivity contribution < 1.29 is 34.0 Å². The second kappa shape index (κ2) is 8.12.